The van der Waals surface area contributed by atoms with Crippen LogP contribution >= 0.6 is 0 Å². The number of aryl methyl sites for hydroxylation is 2. The SMILES string of the molecule is Cc1ccc(C)c(N2C(=O)C(c3ccc([N+](=O)[O-])cc3)=C(N3CCN(CCO)CC3)C2=O)c1. The van der Waals surface area contributed by atoms with Crippen LogP contribution in [0.25, 0.3) is 5.57 Å². The van der Waals surface area contributed by atoms with Crippen molar-refractivity contribution in [3.63, 3.8) is 0 Å². The van der Waals surface area contributed by atoms with Crippen LogP contribution in [-0.2, 0) is 9.59 Å². The summed E-state index contributed by atoms with van der Waals surface area (Å²) in [4.78, 5) is 43.2. The van der Waals surface area contributed by atoms with E-state index in [1.807, 2.05) is 36.9 Å². The molecule has 0 spiro atoms. The van der Waals surface area contributed by atoms with E-state index in [0.717, 1.165) is 11.1 Å². The Morgan fingerprint density at radius 1 is 0.970 bits per heavy atom. The molecule has 9 nitrogen and oxygen atoms in total. The Bertz CT molecular complexity index is 1130. The highest BCUT2D eigenvalue weighted by Crippen LogP contribution is 2.37. The molecule has 33 heavy (non-hydrogen) atoms. The van der Waals surface area contributed by atoms with Gasteiger partial charge in [-0.05, 0) is 48.7 Å². The van der Waals surface area contributed by atoms with E-state index in [-0.39, 0.29) is 17.9 Å². The third-order valence-electron chi connectivity index (χ3n) is 6.14. The number of aliphatic hydroxyl groups excluding tert-OH is 1. The predicted molar refractivity (Wildman–Crippen MR) is 124 cm³/mol. The normalized spacial score (nSPS) is 17.3. The van der Waals surface area contributed by atoms with Gasteiger partial charge >= 0.3 is 0 Å². The summed E-state index contributed by atoms with van der Waals surface area (Å²) >= 11 is 0. The first-order valence-corrected chi connectivity index (χ1v) is 10.8. The summed E-state index contributed by atoms with van der Waals surface area (Å²) in [6.45, 7) is 6.76. The van der Waals surface area contributed by atoms with Crippen LogP contribution in [0.15, 0.2) is 48.2 Å². The molecule has 9 heteroatoms. The number of anilines is 1. The molecule has 4 rings (SSSR count). The number of benzene rings is 2. The average Bonchev–Trinajstić information content (AvgIpc) is 3.06. The summed E-state index contributed by atoms with van der Waals surface area (Å²) in [5.74, 6) is -0.826. The fraction of sp³-hybridized carbons (Fsp3) is 0.333. The van der Waals surface area contributed by atoms with Crippen molar-refractivity contribution < 1.29 is 19.6 Å². The highest BCUT2D eigenvalue weighted by Gasteiger charge is 2.43. The number of imide groups is 1. The molecule has 1 fully saturated rings. The van der Waals surface area contributed by atoms with Crippen LogP contribution in [0, 0.1) is 24.0 Å². The van der Waals surface area contributed by atoms with Crippen LogP contribution in [0.1, 0.15) is 16.7 Å². The molecule has 2 aromatic rings. The monoisotopic (exact) mass is 450 g/mol. The lowest BCUT2D eigenvalue weighted by Crippen LogP contribution is -2.48. The number of hydrogen-bond acceptors (Lipinski definition) is 7. The summed E-state index contributed by atoms with van der Waals surface area (Å²) in [6.07, 6.45) is 0. The number of β-amino-alcohol motifs (C(OH)–C–C–N with tert-alkyl or cyclic N) is 1. The van der Waals surface area contributed by atoms with E-state index in [2.05, 4.69) is 4.90 Å². The van der Waals surface area contributed by atoms with Crippen molar-refractivity contribution >= 4 is 28.8 Å². The van der Waals surface area contributed by atoms with Crippen LogP contribution in [0.4, 0.5) is 11.4 Å². The van der Waals surface area contributed by atoms with E-state index < -0.39 is 16.7 Å². The highest BCUT2D eigenvalue weighted by molar-refractivity contribution is 6.45. The minimum atomic E-state index is -0.497. The van der Waals surface area contributed by atoms with Gasteiger partial charge in [0, 0.05) is 44.9 Å². The summed E-state index contributed by atoms with van der Waals surface area (Å²) in [6, 6.07) is 11.4. The number of aliphatic hydroxyl groups is 1. The van der Waals surface area contributed by atoms with E-state index in [0.29, 0.717) is 49.7 Å². The van der Waals surface area contributed by atoms with Gasteiger partial charge in [0.1, 0.15) is 5.70 Å². The number of hydrogen-bond donors (Lipinski definition) is 1. The Balaban J connectivity index is 1.77. The van der Waals surface area contributed by atoms with Crippen LogP contribution in [0.3, 0.4) is 0 Å². The molecule has 0 atom stereocenters. The molecule has 1 saturated heterocycles. The second-order valence-corrected chi connectivity index (χ2v) is 8.32. The van der Waals surface area contributed by atoms with Crippen molar-refractivity contribution in [3.05, 3.63) is 75.0 Å². The minimum Gasteiger partial charge on any atom is -0.395 e. The molecule has 0 bridgehead atoms. The first kappa shape index (κ1) is 22.6. The number of piperazine rings is 1. The van der Waals surface area contributed by atoms with Gasteiger partial charge in [-0.1, -0.05) is 12.1 Å². The summed E-state index contributed by atoms with van der Waals surface area (Å²) in [7, 11) is 0. The molecular formula is C24H26N4O5. The van der Waals surface area contributed by atoms with Crippen LogP contribution in [0.5, 0.6) is 0 Å². The van der Waals surface area contributed by atoms with Gasteiger partial charge in [0.25, 0.3) is 17.5 Å². The third-order valence-corrected chi connectivity index (χ3v) is 6.14. The smallest absolute Gasteiger partial charge is 0.282 e. The van der Waals surface area contributed by atoms with Gasteiger partial charge in [0.2, 0.25) is 0 Å². The van der Waals surface area contributed by atoms with Gasteiger partial charge in [-0.3, -0.25) is 24.6 Å². The topological polar surface area (TPSA) is 107 Å². The molecule has 1 N–H and O–H groups in total. The Morgan fingerprint density at radius 3 is 2.24 bits per heavy atom. The molecule has 2 heterocycles. The van der Waals surface area contributed by atoms with Gasteiger partial charge in [0.05, 0.1) is 22.8 Å². The van der Waals surface area contributed by atoms with Gasteiger partial charge in [0.15, 0.2) is 0 Å². The standard InChI is InChI=1S/C24H26N4O5/c1-16-3-4-17(2)20(15-16)27-23(30)21(18-5-7-19(8-6-18)28(32)33)22(24(27)31)26-11-9-25(10-12-26)13-14-29/h3-8,15,29H,9-14H2,1-2H3. The molecule has 2 aliphatic rings. The average molecular weight is 450 g/mol. The van der Waals surface area contributed by atoms with E-state index in [1.165, 1.54) is 29.2 Å². The quantitative estimate of drug-likeness (QED) is 0.408. The number of carbonyl (C=O) groups is 2. The lowest BCUT2D eigenvalue weighted by atomic mass is 10.0. The Hall–Kier alpha value is -3.56. The number of amides is 2. The summed E-state index contributed by atoms with van der Waals surface area (Å²) < 4.78 is 0. The van der Waals surface area contributed by atoms with E-state index >= 15 is 0 Å². The van der Waals surface area contributed by atoms with Crippen molar-refractivity contribution in [1.29, 1.82) is 0 Å². The molecule has 0 radical (unpaired) electrons. The van der Waals surface area contributed by atoms with Gasteiger partial charge in [-0.2, -0.15) is 0 Å². The second kappa shape index (κ2) is 9.13. The number of rotatable bonds is 6. The minimum absolute atomic E-state index is 0.0641. The number of carbonyl (C=O) groups excluding carboxylic acids is 2. The Kier molecular flexibility index (Phi) is 6.26. The molecule has 0 aromatic heterocycles. The largest absolute Gasteiger partial charge is 0.395 e. The zero-order chi connectivity index (χ0) is 23.7. The maximum absolute atomic E-state index is 13.7. The molecule has 2 aliphatic heterocycles. The maximum atomic E-state index is 13.7. The van der Waals surface area contributed by atoms with Crippen LogP contribution < -0.4 is 4.90 Å². The lowest BCUT2D eigenvalue weighted by molar-refractivity contribution is -0.384. The molecule has 0 aliphatic carbocycles. The molecule has 172 valence electrons. The molecule has 2 amide bonds. The predicted octanol–water partition coefficient (Wildman–Crippen LogP) is 2.11. The summed E-state index contributed by atoms with van der Waals surface area (Å²) in [5.41, 5.74) is 3.24. The van der Waals surface area contributed by atoms with Crippen molar-refractivity contribution in [3.8, 4) is 0 Å². The van der Waals surface area contributed by atoms with E-state index in [4.69, 9.17) is 0 Å². The van der Waals surface area contributed by atoms with Crippen molar-refractivity contribution in [2.45, 2.75) is 13.8 Å². The second-order valence-electron chi connectivity index (χ2n) is 8.32. The third kappa shape index (κ3) is 4.24. The lowest BCUT2D eigenvalue weighted by Gasteiger charge is -2.36. The number of nitro groups is 1. The van der Waals surface area contributed by atoms with Crippen molar-refractivity contribution in [1.82, 2.24) is 9.80 Å². The Morgan fingerprint density at radius 2 is 1.64 bits per heavy atom. The zero-order valence-corrected chi connectivity index (χ0v) is 18.7. The maximum Gasteiger partial charge on any atom is 0.282 e. The zero-order valence-electron chi connectivity index (χ0n) is 18.7. The van der Waals surface area contributed by atoms with E-state index in [9.17, 15) is 24.8 Å². The van der Waals surface area contributed by atoms with Crippen LogP contribution in [0.2, 0.25) is 0 Å². The van der Waals surface area contributed by atoms with Gasteiger partial charge in [-0.15, -0.1) is 0 Å². The van der Waals surface area contributed by atoms with Crippen LogP contribution in [-0.4, -0.2) is 71.0 Å². The molecule has 0 unspecified atom stereocenters. The van der Waals surface area contributed by atoms with Crippen molar-refractivity contribution in [2.75, 3.05) is 44.2 Å². The fourth-order valence-electron chi connectivity index (χ4n) is 4.34. The van der Waals surface area contributed by atoms with Gasteiger partial charge < -0.3 is 10.0 Å². The Labute approximate surface area is 191 Å². The highest BCUT2D eigenvalue weighted by atomic mass is 16.6. The number of non-ortho nitro benzene ring substituents is 1. The molecular weight excluding hydrogens is 424 g/mol. The fourth-order valence-corrected chi connectivity index (χ4v) is 4.34. The first-order chi connectivity index (χ1) is 15.8. The number of nitro benzene ring substituents is 1. The number of nitrogens with zero attached hydrogens (tertiary/aromatic N) is 4. The summed E-state index contributed by atoms with van der Waals surface area (Å²) in [5, 5.41) is 20.3. The van der Waals surface area contributed by atoms with E-state index in [1.54, 1.807) is 0 Å². The van der Waals surface area contributed by atoms with Crippen molar-refractivity contribution in [2.24, 2.45) is 0 Å². The molecule has 0 saturated carbocycles. The first-order valence-electron chi connectivity index (χ1n) is 10.8. The molecule has 2 aromatic carbocycles. The van der Waals surface area contributed by atoms with Gasteiger partial charge in [-0.25, -0.2) is 4.90 Å².